The molecule has 1 N–H and O–H groups in total. The zero-order valence-electron chi connectivity index (χ0n) is 10.8. The lowest BCUT2D eigenvalue weighted by atomic mass is 9.78. The molecule has 1 nitrogen and oxygen atoms in total. The van der Waals surface area contributed by atoms with Crippen LogP contribution < -0.4 is 5.32 Å². The van der Waals surface area contributed by atoms with E-state index >= 15 is 0 Å². The van der Waals surface area contributed by atoms with Gasteiger partial charge in [0, 0.05) is 0 Å². The van der Waals surface area contributed by atoms with Crippen LogP contribution in [0.2, 0.25) is 0 Å². The first-order valence-corrected chi connectivity index (χ1v) is 6.23. The van der Waals surface area contributed by atoms with E-state index in [-0.39, 0.29) is 0 Å². The molecule has 0 rings (SSSR count). The van der Waals surface area contributed by atoms with Gasteiger partial charge in [-0.1, -0.05) is 47.5 Å². The van der Waals surface area contributed by atoms with Crippen LogP contribution in [0.15, 0.2) is 0 Å². The van der Waals surface area contributed by atoms with Crippen LogP contribution in [-0.2, 0) is 0 Å². The summed E-state index contributed by atoms with van der Waals surface area (Å²) in [6, 6.07) is 0. The van der Waals surface area contributed by atoms with Gasteiger partial charge in [0.2, 0.25) is 0 Å². The summed E-state index contributed by atoms with van der Waals surface area (Å²) in [6.07, 6.45) is 5.30. The molecular weight excluding hydrogens is 170 g/mol. The summed E-state index contributed by atoms with van der Waals surface area (Å²) in [4.78, 5) is 0. The minimum absolute atomic E-state index is 0.454. The smallest absolute Gasteiger partial charge is 0.00155 e. The summed E-state index contributed by atoms with van der Waals surface area (Å²) in [5.74, 6) is 0.828. The predicted octanol–water partition coefficient (Wildman–Crippen LogP) is 3.84. The van der Waals surface area contributed by atoms with Gasteiger partial charge in [0.1, 0.15) is 0 Å². The third-order valence-electron chi connectivity index (χ3n) is 2.95. The third kappa shape index (κ3) is 6.42. The number of unbranched alkanes of at least 4 members (excludes halogenated alkanes) is 1. The van der Waals surface area contributed by atoms with Crippen molar-refractivity contribution < 1.29 is 0 Å². The van der Waals surface area contributed by atoms with Gasteiger partial charge in [-0.05, 0) is 37.3 Å². The van der Waals surface area contributed by atoms with Gasteiger partial charge in [-0.2, -0.15) is 0 Å². The highest BCUT2D eigenvalue weighted by Crippen LogP contribution is 2.29. The lowest BCUT2D eigenvalue weighted by Gasteiger charge is -2.31. The molecule has 0 fully saturated rings. The van der Waals surface area contributed by atoms with Crippen LogP contribution >= 0.6 is 0 Å². The number of hydrogen-bond acceptors (Lipinski definition) is 1. The Morgan fingerprint density at radius 3 is 2.14 bits per heavy atom. The quantitative estimate of drug-likeness (QED) is 0.614. The Balaban J connectivity index is 3.85. The largest absolute Gasteiger partial charge is 0.316 e. The fourth-order valence-corrected chi connectivity index (χ4v) is 1.74. The summed E-state index contributed by atoms with van der Waals surface area (Å²) in [6.45, 7) is 13.9. The van der Waals surface area contributed by atoms with Crippen LogP contribution in [-0.4, -0.2) is 13.1 Å². The number of rotatable bonds is 7. The van der Waals surface area contributed by atoms with Gasteiger partial charge < -0.3 is 5.32 Å². The Bertz CT molecular complexity index is 124. The maximum atomic E-state index is 3.55. The van der Waals surface area contributed by atoms with E-state index in [4.69, 9.17) is 0 Å². The van der Waals surface area contributed by atoms with E-state index < -0.39 is 0 Å². The highest BCUT2D eigenvalue weighted by Gasteiger charge is 2.23. The molecule has 0 aliphatic carbocycles. The van der Waals surface area contributed by atoms with E-state index in [1.165, 1.54) is 38.8 Å². The second-order valence-corrected chi connectivity index (χ2v) is 5.41. The van der Waals surface area contributed by atoms with Gasteiger partial charge in [-0.25, -0.2) is 0 Å². The first-order chi connectivity index (χ1) is 6.52. The lowest BCUT2D eigenvalue weighted by Crippen LogP contribution is -2.32. The molecule has 0 spiro atoms. The van der Waals surface area contributed by atoms with Crippen LogP contribution in [0, 0.1) is 11.3 Å². The Morgan fingerprint density at radius 1 is 1.07 bits per heavy atom. The van der Waals surface area contributed by atoms with Gasteiger partial charge in [-0.15, -0.1) is 0 Å². The van der Waals surface area contributed by atoms with Crippen molar-refractivity contribution in [1.82, 2.24) is 5.32 Å². The van der Waals surface area contributed by atoms with Crippen molar-refractivity contribution in [3.8, 4) is 0 Å². The molecule has 14 heavy (non-hydrogen) atoms. The molecule has 0 heterocycles. The molecule has 0 aromatic heterocycles. The molecule has 0 aliphatic heterocycles. The minimum Gasteiger partial charge on any atom is -0.316 e. The van der Waals surface area contributed by atoms with Crippen LogP contribution in [0.5, 0.6) is 0 Å². The van der Waals surface area contributed by atoms with Crippen LogP contribution in [0.25, 0.3) is 0 Å². The van der Waals surface area contributed by atoms with Crippen LogP contribution in [0.3, 0.4) is 0 Å². The lowest BCUT2D eigenvalue weighted by molar-refractivity contribution is 0.214. The Labute approximate surface area is 90.7 Å². The zero-order valence-corrected chi connectivity index (χ0v) is 10.8. The van der Waals surface area contributed by atoms with Crippen LogP contribution in [0.4, 0.5) is 0 Å². The van der Waals surface area contributed by atoms with E-state index in [0.29, 0.717) is 5.41 Å². The summed E-state index contributed by atoms with van der Waals surface area (Å²) in [7, 11) is 0. The highest BCUT2D eigenvalue weighted by molar-refractivity contribution is 4.75. The summed E-state index contributed by atoms with van der Waals surface area (Å²) >= 11 is 0. The summed E-state index contributed by atoms with van der Waals surface area (Å²) in [5.41, 5.74) is 0.454. The number of hydrogen-bond donors (Lipinski definition) is 1. The zero-order chi connectivity index (χ0) is 11.0. The maximum Gasteiger partial charge on any atom is -0.00155 e. The fourth-order valence-electron chi connectivity index (χ4n) is 1.74. The standard InChI is InChI=1S/C13H29N/c1-6-8-9-12(13(3,4)5)11-14-10-7-2/h12,14H,6-11H2,1-5H3. The molecule has 0 aromatic carbocycles. The molecular formula is C13H29N. The van der Waals surface area contributed by atoms with Crippen molar-refractivity contribution in [2.45, 2.75) is 60.3 Å². The van der Waals surface area contributed by atoms with Crippen molar-refractivity contribution >= 4 is 0 Å². The molecule has 0 radical (unpaired) electrons. The van der Waals surface area contributed by atoms with Crippen molar-refractivity contribution in [2.75, 3.05) is 13.1 Å². The SMILES string of the molecule is CCCCC(CNCCC)C(C)(C)C. The van der Waals surface area contributed by atoms with E-state index in [2.05, 4.69) is 39.9 Å². The van der Waals surface area contributed by atoms with E-state index in [9.17, 15) is 0 Å². The molecule has 0 aliphatic rings. The molecule has 1 atom stereocenters. The molecule has 0 bridgehead atoms. The van der Waals surface area contributed by atoms with Gasteiger partial charge in [0.05, 0.1) is 0 Å². The predicted molar refractivity (Wildman–Crippen MR) is 65.6 cm³/mol. The van der Waals surface area contributed by atoms with E-state index in [1.807, 2.05) is 0 Å². The monoisotopic (exact) mass is 199 g/mol. The molecule has 0 amide bonds. The van der Waals surface area contributed by atoms with Crippen molar-refractivity contribution in [1.29, 1.82) is 0 Å². The summed E-state index contributed by atoms with van der Waals surface area (Å²) < 4.78 is 0. The highest BCUT2D eigenvalue weighted by atomic mass is 14.9. The number of nitrogens with one attached hydrogen (secondary N) is 1. The molecule has 0 saturated heterocycles. The van der Waals surface area contributed by atoms with Crippen molar-refractivity contribution in [3.05, 3.63) is 0 Å². The minimum atomic E-state index is 0.454. The molecule has 0 aromatic rings. The Kier molecular flexibility index (Phi) is 7.26. The Morgan fingerprint density at radius 2 is 1.71 bits per heavy atom. The second kappa shape index (κ2) is 7.28. The molecule has 86 valence electrons. The topological polar surface area (TPSA) is 12.0 Å². The second-order valence-electron chi connectivity index (χ2n) is 5.41. The van der Waals surface area contributed by atoms with Gasteiger partial charge in [0.25, 0.3) is 0 Å². The fraction of sp³-hybridized carbons (Fsp3) is 1.00. The third-order valence-corrected chi connectivity index (χ3v) is 2.95. The van der Waals surface area contributed by atoms with Crippen molar-refractivity contribution in [2.24, 2.45) is 11.3 Å². The van der Waals surface area contributed by atoms with Gasteiger partial charge in [-0.3, -0.25) is 0 Å². The van der Waals surface area contributed by atoms with Gasteiger partial charge >= 0.3 is 0 Å². The average molecular weight is 199 g/mol. The van der Waals surface area contributed by atoms with Crippen LogP contribution in [0.1, 0.15) is 60.3 Å². The average Bonchev–Trinajstić information content (AvgIpc) is 2.09. The molecule has 1 heteroatoms. The first-order valence-electron chi connectivity index (χ1n) is 6.23. The first kappa shape index (κ1) is 14.0. The van der Waals surface area contributed by atoms with Gasteiger partial charge in [0.15, 0.2) is 0 Å². The molecule has 1 unspecified atom stereocenters. The normalized spacial score (nSPS) is 14.4. The maximum absolute atomic E-state index is 3.55. The van der Waals surface area contributed by atoms with Crippen molar-refractivity contribution in [3.63, 3.8) is 0 Å². The van der Waals surface area contributed by atoms with E-state index in [1.54, 1.807) is 0 Å². The summed E-state index contributed by atoms with van der Waals surface area (Å²) in [5, 5.41) is 3.55. The Hall–Kier alpha value is -0.0400. The van der Waals surface area contributed by atoms with E-state index in [0.717, 1.165) is 5.92 Å². The molecule has 0 saturated carbocycles.